The number of nitrogens with one attached hydrogen (secondary N) is 1. The Morgan fingerprint density at radius 3 is 2.21 bits per heavy atom. The van der Waals surface area contributed by atoms with E-state index in [1.54, 1.807) is 0 Å². The van der Waals surface area contributed by atoms with Crippen molar-refractivity contribution < 1.29 is 4.79 Å². The fourth-order valence-corrected chi connectivity index (χ4v) is 4.26. The number of halogens is 1. The largest absolute Gasteiger partial charge is 0.340 e. The van der Waals surface area contributed by atoms with Crippen LogP contribution in [0.5, 0.6) is 0 Å². The van der Waals surface area contributed by atoms with Crippen molar-refractivity contribution in [2.24, 2.45) is 0 Å². The Kier molecular flexibility index (Phi) is 5.49. The fourth-order valence-electron chi connectivity index (χ4n) is 3.62. The zero-order valence-corrected chi connectivity index (χ0v) is 18.0. The molecule has 2 heterocycles. The number of pyridine rings is 1. The van der Waals surface area contributed by atoms with Crippen molar-refractivity contribution in [3.63, 3.8) is 0 Å². The highest BCUT2D eigenvalue weighted by Crippen LogP contribution is 2.26. The molecule has 0 atom stereocenters. The van der Waals surface area contributed by atoms with E-state index in [4.69, 9.17) is 4.98 Å². The van der Waals surface area contributed by atoms with Gasteiger partial charge in [-0.15, -0.1) is 0 Å². The summed E-state index contributed by atoms with van der Waals surface area (Å²) in [5, 5.41) is 3.24. The summed E-state index contributed by atoms with van der Waals surface area (Å²) in [6.07, 6.45) is 2.64. The third kappa shape index (κ3) is 3.83. The average Bonchev–Trinajstić information content (AvgIpc) is 3.12. The van der Waals surface area contributed by atoms with Crippen LogP contribution in [-0.2, 0) is 6.42 Å². The summed E-state index contributed by atoms with van der Waals surface area (Å²) < 4.78 is 2.77. The zero-order valence-electron chi connectivity index (χ0n) is 16.4. The molecule has 0 unspecified atom stereocenters. The van der Waals surface area contributed by atoms with Crippen molar-refractivity contribution in [1.29, 1.82) is 0 Å². The van der Waals surface area contributed by atoms with Crippen molar-refractivity contribution >= 4 is 27.5 Å². The quantitative estimate of drug-likeness (QED) is 0.439. The second kappa shape index (κ2) is 8.21. The first-order valence-electron chi connectivity index (χ1n) is 9.66. The van der Waals surface area contributed by atoms with E-state index in [1.165, 1.54) is 0 Å². The number of hydrogen-bond acceptors (Lipinski definition) is 2. The van der Waals surface area contributed by atoms with Crippen LogP contribution in [0.4, 0.5) is 0 Å². The van der Waals surface area contributed by atoms with E-state index in [1.807, 2.05) is 91.2 Å². The fraction of sp³-hybridized carbons (Fsp3) is 0.167. The summed E-state index contributed by atoms with van der Waals surface area (Å²) in [6, 6.07) is 21.8. The maximum Gasteiger partial charge on any atom is 0.270 e. The van der Waals surface area contributed by atoms with E-state index in [2.05, 4.69) is 21.2 Å². The molecule has 0 aliphatic rings. The number of nitrogens with zero attached hydrogens (tertiary/aromatic N) is 2. The van der Waals surface area contributed by atoms with E-state index in [0.717, 1.165) is 32.5 Å². The summed E-state index contributed by atoms with van der Waals surface area (Å²) >= 11 is 3.58. The number of carbonyl (C=O) groups is 1. The molecule has 5 heteroatoms. The van der Waals surface area contributed by atoms with E-state index in [0.29, 0.717) is 12.1 Å². The lowest BCUT2D eigenvalue weighted by Gasteiger charge is -2.20. The predicted octanol–water partition coefficient (Wildman–Crippen LogP) is 5.49. The highest BCUT2D eigenvalue weighted by Gasteiger charge is 2.23. The molecular formula is C24H22BrN3O. The Balaban J connectivity index is 1.79. The van der Waals surface area contributed by atoms with E-state index >= 15 is 0 Å². The van der Waals surface area contributed by atoms with Gasteiger partial charge in [0.15, 0.2) is 5.65 Å². The molecule has 4 rings (SSSR count). The normalized spacial score (nSPS) is 11.2. The van der Waals surface area contributed by atoms with Crippen LogP contribution < -0.4 is 5.32 Å². The highest BCUT2D eigenvalue weighted by atomic mass is 79.9. The molecule has 1 amide bonds. The number of amides is 1. The van der Waals surface area contributed by atoms with Gasteiger partial charge < -0.3 is 5.32 Å². The molecule has 4 aromatic rings. The molecule has 0 fully saturated rings. The van der Waals surface area contributed by atoms with Crippen LogP contribution >= 0.6 is 15.9 Å². The SMILES string of the molecule is CCc1nc2c(Br)cc(C)cn2c1C(=O)NC(c1ccccc1)c1ccccc1. The number of carbonyl (C=O) groups excluding carboxylic acids is 1. The maximum atomic E-state index is 13.5. The van der Waals surface area contributed by atoms with Crippen LogP contribution in [-0.4, -0.2) is 15.3 Å². The minimum absolute atomic E-state index is 0.135. The summed E-state index contributed by atoms with van der Waals surface area (Å²) in [4.78, 5) is 18.2. The Labute approximate surface area is 178 Å². The minimum Gasteiger partial charge on any atom is -0.340 e. The van der Waals surface area contributed by atoms with Gasteiger partial charge in [-0.25, -0.2) is 4.98 Å². The van der Waals surface area contributed by atoms with E-state index in [-0.39, 0.29) is 11.9 Å². The molecular weight excluding hydrogens is 426 g/mol. The molecule has 0 saturated heterocycles. The van der Waals surface area contributed by atoms with Crippen LogP contribution in [0.1, 0.15) is 45.8 Å². The molecule has 146 valence electrons. The Morgan fingerprint density at radius 1 is 1.07 bits per heavy atom. The number of rotatable bonds is 5. The van der Waals surface area contributed by atoms with Gasteiger partial charge in [0.2, 0.25) is 0 Å². The highest BCUT2D eigenvalue weighted by molar-refractivity contribution is 9.10. The molecule has 1 N–H and O–H groups in total. The van der Waals surface area contributed by atoms with Crippen molar-refractivity contribution in [3.8, 4) is 0 Å². The average molecular weight is 448 g/mol. The zero-order chi connectivity index (χ0) is 20.4. The Hall–Kier alpha value is -2.92. The minimum atomic E-state index is -0.242. The third-order valence-electron chi connectivity index (χ3n) is 4.98. The number of fused-ring (bicyclic) bond motifs is 1. The van der Waals surface area contributed by atoms with Crippen molar-refractivity contribution in [2.75, 3.05) is 0 Å². The monoisotopic (exact) mass is 447 g/mol. The van der Waals surface area contributed by atoms with Gasteiger partial charge in [-0.2, -0.15) is 0 Å². The smallest absolute Gasteiger partial charge is 0.270 e. The van der Waals surface area contributed by atoms with Gasteiger partial charge in [0.05, 0.1) is 16.2 Å². The summed E-state index contributed by atoms with van der Waals surface area (Å²) in [6.45, 7) is 4.03. The first kappa shape index (κ1) is 19.4. The summed E-state index contributed by atoms with van der Waals surface area (Å²) in [5.74, 6) is -0.135. The second-order valence-electron chi connectivity index (χ2n) is 7.05. The van der Waals surface area contributed by atoms with Gasteiger partial charge in [-0.05, 0) is 52.0 Å². The van der Waals surface area contributed by atoms with E-state index < -0.39 is 0 Å². The van der Waals surface area contributed by atoms with Gasteiger partial charge in [0.25, 0.3) is 5.91 Å². The first-order valence-corrected chi connectivity index (χ1v) is 10.5. The van der Waals surface area contributed by atoms with Crippen molar-refractivity contribution in [1.82, 2.24) is 14.7 Å². The Morgan fingerprint density at radius 2 is 1.66 bits per heavy atom. The van der Waals surface area contributed by atoms with Gasteiger partial charge in [0.1, 0.15) is 5.69 Å². The molecule has 0 spiro atoms. The molecule has 0 saturated carbocycles. The molecule has 2 aromatic carbocycles. The lowest BCUT2D eigenvalue weighted by molar-refractivity contribution is 0.0936. The summed E-state index contributed by atoms with van der Waals surface area (Å²) in [7, 11) is 0. The molecule has 0 aliphatic heterocycles. The number of aryl methyl sites for hydroxylation is 2. The topological polar surface area (TPSA) is 46.4 Å². The van der Waals surface area contributed by atoms with Crippen LogP contribution in [0, 0.1) is 6.92 Å². The molecule has 0 radical (unpaired) electrons. The van der Waals surface area contributed by atoms with Crippen LogP contribution in [0.15, 0.2) is 77.4 Å². The number of hydrogen-bond donors (Lipinski definition) is 1. The maximum absolute atomic E-state index is 13.5. The first-order chi connectivity index (χ1) is 14.1. The number of imidazole rings is 1. The van der Waals surface area contributed by atoms with Gasteiger partial charge in [-0.3, -0.25) is 9.20 Å². The van der Waals surface area contributed by atoms with Gasteiger partial charge in [-0.1, -0.05) is 67.6 Å². The number of benzene rings is 2. The van der Waals surface area contributed by atoms with Crippen LogP contribution in [0.25, 0.3) is 5.65 Å². The Bertz CT molecular complexity index is 1110. The lowest BCUT2D eigenvalue weighted by atomic mass is 9.98. The molecule has 29 heavy (non-hydrogen) atoms. The van der Waals surface area contributed by atoms with Crippen molar-refractivity contribution in [2.45, 2.75) is 26.3 Å². The standard InChI is InChI=1S/C24H22BrN3O/c1-3-20-22(28-15-16(2)14-19(25)23(28)26-20)24(29)27-21(17-10-6-4-7-11-17)18-12-8-5-9-13-18/h4-15,21H,3H2,1-2H3,(H,27,29). The van der Waals surface area contributed by atoms with Crippen LogP contribution in [0.2, 0.25) is 0 Å². The molecule has 0 bridgehead atoms. The molecule has 4 nitrogen and oxygen atoms in total. The molecule has 0 aliphatic carbocycles. The third-order valence-corrected chi connectivity index (χ3v) is 5.56. The summed E-state index contributed by atoms with van der Waals surface area (Å²) in [5.41, 5.74) is 5.26. The van der Waals surface area contributed by atoms with Gasteiger partial charge >= 0.3 is 0 Å². The second-order valence-corrected chi connectivity index (χ2v) is 7.90. The van der Waals surface area contributed by atoms with Crippen molar-refractivity contribution in [3.05, 3.63) is 105 Å². The lowest BCUT2D eigenvalue weighted by Crippen LogP contribution is -2.31. The molecule has 2 aromatic heterocycles. The number of aromatic nitrogens is 2. The van der Waals surface area contributed by atoms with E-state index in [9.17, 15) is 4.79 Å². The van der Waals surface area contributed by atoms with Gasteiger partial charge in [0, 0.05) is 6.20 Å². The predicted molar refractivity (Wildman–Crippen MR) is 119 cm³/mol. The van der Waals surface area contributed by atoms with Crippen LogP contribution in [0.3, 0.4) is 0 Å².